The van der Waals surface area contributed by atoms with Gasteiger partial charge in [0.15, 0.2) is 5.11 Å². The van der Waals surface area contributed by atoms with Crippen LogP contribution in [0.5, 0.6) is 0 Å². The standard InChI is InChI=1S/C12H14FN3O3S/c13-10-4-3-8(6-11(10)16(17)18)15-12(20)14-7-9-2-1-5-19-9/h3-4,6,9H,1-2,5,7H2,(H2,14,15,20)/t9-/m0/s1. The van der Waals surface area contributed by atoms with Gasteiger partial charge in [-0.25, -0.2) is 0 Å². The molecule has 0 aromatic heterocycles. The zero-order valence-corrected chi connectivity index (χ0v) is 11.4. The van der Waals surface area contributed by atoms with Gasteiger partial charge in [0.25, 0.3) is 0 Å². The minimum absolute atomic E-state index is 0.136. The molecule has 1 aromatic rings. The zero-order chi connectivity index (χ0) is 14.5. The molecule has 6 nitrogen and oxygen atoms in total. The van der Waals surface area contributed by atoms with Crippen molar-refractivity contribution < 1.29 is 14.1 Å². The monoisotopic (exact) mass is 299 g/mol. The number of rotatable bonds is 4. The molecule has 1 atom stereocenters. The first kappa shape index (κ1) is 14.6. The Morgan fingerprint density at radius 1 is 1.60 bits per heavy atom. The van der Waals surface area contributed by atoms with Crippen LogP contribution in [0.15, 0.2) is 18.2 Å². The van der Waals surface area contributed by atoms with Gasteiger partial charge in [0.05, 0.1) is 11.0 Å². The zero-order valence-electron chi connectivity index (χ0n) is 10.6. The van der Waals surface area contributed by atoms with Gasteiger partial charge in [0, 0.05) is 24.9 Å². The number of anilines is 1. The second kappa shape index (κ2) is 6.58. The van der Waals surface area contributed by atoms with Crippen LogP contribution in [0.1, 0.15) is 12.8 Å². The number of hydrogen-bond donors (Lipinski definition) is 2. The number of benzene rings is 1. The van der Waals surface area contributed by atoms with Crippen LogP contribution in [-0.2, 0) is 4.74 Å². The summed E-state index contributed by atoms with van der Waals surface area (Å²) in [5, 5.41) is 16.7. The van der Waals surface area contributed by atoms with Gasteiger partial charge in [-0.15, -0.1) is 0 Å². The molecular formula is C12H14FN3O3S. The number of nitro groups is 1. The summed E-state index contributed by atoms with van der Waals surface area (Å²) in [4.78, 5) is 9.86. The molecule has 1 aliphatic rings. The van der Waals surface area contributed by atoms with Crippen molar-refractivity contribution in [3.05, 3.63) is 34.1 Å². The summed E-state index contributed by atoms with van der Waals surface area (Å²) in [5.41, 5.74) is -0.222. The lowest BCUT2D eigenvalue weighted by Crippen LogP contribution is -2.34. The van der Waals surface area contributed by atoms with Gasteiger partial charge in [0.2, 0.25) is 5.82 Å². The Kier molecular flexibility index (Phi) is 4.80. The van der Waals surface area contributed by atoms with Crippen LogP contribution in [0.3, 0.4) is 0 Å². The lowest BCUT2D eigenvalue weighted by Gasteiger charge is -2.14. The number of thiocarbonyl (C=S) groups is 1. The van der Waals surface area contributed by atoms with Crippen LogP contribution in [-0.4, -0.2) is 29.3 Å². The summed E-state index contributed by atoms with van der Waals surface area (Å²) >= 11 is 5.07. The molecule has 0 radical (unpaired) electrons. The number of hydrogen-bond acceptors (Lipinski definition) is 4. The Morgan fingerprint density at radius 3 is 3.05 bits per heavy atom. The molecule has 20 heavy (non-hydrogen) atoms. The first-order valence-corrected chi connectivity index (χ1v) is 6.57. The lowest BCUT2D eigenvalue weighted by atomic mass is 10.2. The van der Waals surface area contributed by atoms with Gasteiger partial charge < -0.3 is 15.4 Å². The van der Waals surface area contributed by atoms with E-state index < -0.39 is 16.4 Å². The molecule has 1 heterocycles. The Balaban J connectivity index is 1.90. The number of nitrogens with one attached hydrogen (secondary N) is 2. The van der Waals surface area contributed by atoms with E-state index in [-0.39, 0.29) is 6.10 Å². The number of nitrogens with zero attached hydrogens (tertiary/aromatic N) is 1. The number of ether oxygens (including phenoxy) is 1. The number of nitro benzene ring substituents is 1. The minimum atomic E-state index is -0.876. The van der Waals surface area contributed by atoms with Crippen LogP contribution >= 0.6 is 12.2 Å². The summed E-state index contributed by atoms with van der Waals surface area (Å²) in [6, 6.07) is 3.53. The molecule has 0 aliphatic carbocycles. The Labute approximate surface area is 120 Å². The van der Waals surface area contributed by atoms with Crippen molar-refractivity contribution in [2.45, 2.75) is 18.9 Å². The van der Waals surface area contributed by atoms with E-state index in [0.29, 0.717) is 17.3 Å². The predicted molar refractivity (Wildman–Crippen MR) is 76.3 cm³/mol. The third-order valence-electron chi connectivity index (χ3n) is 2.91. The smallest absolute Gasteiger partial charge is 0.306 e. The van der Waals surface area contributed by atoms with E-state index >= 15 is 0 Å². The summed E-state index contributed by atoms with van der Waals surface area (Å²) in [7, 11) is 0. The molecule has 0 unspecified atom stereocenters. The van der Waals surface area contributed by atoms with Crippen LogP contribution in [0.4, 0.5) is 15.8 Å². The Bertz CT molecular complexity index is 521. The molecular weight excluding hydrogens is 285 g/mol. The third-order valence-corrected chi connectivity index (χ3v) is 3.16. The van der Waals surface area contributed by atoms with E-state index in [1.165, 1.54) is 6.07 Å². The molecule has 0 spiro atoms. The van der Waals surface area contributed by atoms with Gasteiger partial charge in [-0.2, -0.15) is 4.39 Å². The molecule has 0 bridgehead atoms. The second-order valence-electron chi connectivity index (χ2n) is 4.39. The maximum absolute atomic E-state index is 13.2. The van der Waals surface area contributed by atoms with Crippen LogP contribution in [0.2, 0.25) is 0 Å². The molecule has 108 valence electrons. The highest BCUT2D eigenvalue weighted by molar-refractivity contribution is 7.80. The van der Waals surface area contributed by atoms with Crippen molar-refractivity contribution in [1.29, 1.82) is 0 Å². The first-order valence-electron chi connectivity index (χ1n) is 6.16. The van der Waals surface area contributed by atoms with Crippen LogP contribution in [0, 0.1) is 15.9 Å². The lowest BCUT2D eigenvalue weighted by molar-refractivity contribution is -0.387. The van der Waals surface area contributed by atoms with Gasteiger partial charge in [-0.1, -0.05) is 0 Å². The molecule has 1 aliphatic heterocycles. The van der Waals surface area contributed by atoms with E-state index in [4.69, 9.17) is 17.0 Å². The van der Waals surface area contributed by atoms with E-state index in [2.05, 4.69) is 10.6 Å². The summed E-state index contributed by atoms with van der Waals surface area (Å²) in [6.45, 7) is 1.34. The molecule has 8 heteroatoms. The minimum Gasteiger partial charge on any atom is -0.376 e. The SMILES string of the molecule is O=[N+]([O-])c1cc(NC(=S)NC[C@@H]2CCCO2)ccc1F. The molecule has 1 aromatic carbocycles. The summed E-state index contributed by atoms with van der Waals surface area (Å²) in [6.07, 6.45) is 2.16. The van der Waals surface area contributed by atoms with Gasteiger partial charge in [-0.05, 0) is 37.2 Å². The van der Waals surface area contributed by atoms with Crippen molar-refractivity contribution in [2.75, 3.05) is 18.5 Å². The van der Waals surface area contributed by atoms with Crippen LogP contribution < -0.4 is 10.6 Å². The van der Waals surface area contributed by atoms with E-state index in [0.717, 1.165) is 31.6 Å². The first-order chi connectivity index (χ1) is 9.56. The van der Waals surface area contributed by atoms with E-state index in [1.54, 1.807) is 0 Å². The van der Waals surface area contributed by atoms with Crippen molar-refractivity contribution >= 4 is 28.7 Å². The fourth-order valence-electron chi connectivity index (χ4n) is 1.92. The molecule has 1 saturated heterocycles. The van der Waals surface area contributed by atoms with Gasteiger partial charge in [-0.3, -0.25) is 10.1 Å². The van der Waals surface area contributed by atoms with E-state index in [1.807, 2.05) is 0 Å². The summed E-state index contributed by atoms with van der Waals surface area (Å²) < 4.78 is 18.6. The third kappa shape index (κ3) is 3.84. The predicted octanol–water partition coefficient (Wildman–Crippen LogP) is 2.20. The maximum atomic E-state index is 13.2. The average molecular weight is 299 g/mol. The van der Waals surface area contributed by atoms with Crippen molar-refractivity contribution in [1.82, 2.24) is 5.32 Å². The van der Waals surface area contributed by atoms with E-state index in [9.17, 15) is 14.5 Å². The summed E-state index contributed by atoms with van der Waals surface area (Å²) in [5.74, 6) is -0.876. The Morgan fingerprint density at radius 2 is 2.40 bits per heavy atom. The molecule has 2 rings (SSSR count). The number of halogens is 1. The molecule has 1 fully saturated rings. The normalized spacial score (nSPS) is 17.8. The molecule has 0 amide bonds. The fourth-order valence-corrected chi connectivity index (χ4v) is 2.12. The van der Waals surface area contributed by atoms with Crippen molar-refractivity contribution in [3.8, 4) is 0 Å². The van der Waals surface area contributed by atoms with Crippen molar-refractivity contribution in [2.24, 2.45) is 0 Å². The van der Waals surface area contributed by atoms with Crippen LogP contribution in [0.25, 0.3) is 0 Å². The highest BCUT2D eigenvalue weighted by Crippen LogP contribution is 2.21. The fraction of sp³-hybridized carbons (Fsp3) is 0.417. The molecule has 2 N–H and O–H groups in total. The topological polar surface area (TPSA) is 76.4 Å². The highest BCUT2D eigenvalue weighted by atomic mass is 32.1. The van der Waals surface area contributed by atoms with Gasteiger partial charge in [0.1, 0.15) is 0 Å². The highest BCUT2D eigenvalue weighted by Gasteiger charge is 2.16. The maximum Gasteiger partial charge on any atom is 0.306 e. The Hall–Kier alpha value is -1.80. The van der Waals surface area contributed by atoms with Crippen molar-refractivity contribution in [3.63, 3.8) is 0 Å². The quantitative estimate of drug-likeness (QED) is 0.504. The largest absolute Gasteiger partial charge is 0.376 e. The average Bonchev–Trinajstić information content (AvgIpc) is 2.91. The second-order valence-corrected chi connectivity index (χ2v) is 4.80. The molecule has 0 saturated carbocycles. The van der Waals surface area contributed by atoms with Gasteiger partial charge >= 0.3 is 5.69 Å².